The molecule has 7 heteroatoms. The van der Waals surface area contributed by atoms with Crippen LogP contribution in [0.3, 0.4) is 0 Å². The van der Waals surface area contributed by atoms with Crippen molar-refractivity contribution in [3.63, 3.8) is 0 Å². The number of nitrogens with zero attached hydrogens (tertiary/aromatic N) is 3. The van der Waals surface area contributed by atoms with E-state index in [-0.39, 0.29) is 24.8 Å². The minimum Gasteiger partial charge on any atom is -0.491 e. The van der Waals surface area contributed by atoms with Gasteiger partial charge in [0.1, 0.15) is 12.3 Å². The number of ether oxygens (including phenoxy) is 1. The summed E-state index contributed by atoms with van der Waals surface area (Å²) >= 11 is 0. The Kier molecular flexibility index (Phi) is 6.02. The van der Waals surface area contributed by atoms with Gasteiger partial charge in [-0.05, 0) is 31.5 Å². The molecule has 160 valence electrons. The zero-order valence-corrected chi connectivity index (χ0v) is 17.8. The Morgan fingerprint density at radius 1 is 1.10 bits per heavy atom. The predicted molar refractivity (Wildman–Crippen MR) is 118 cm³/mol. The first-order valence-corrected chi connectivity index (χ1v) is 10.4. The van der Waals surface area contributed by atoms with E-state index >= 15 is 0 Å². The molecule has 1 N–H and O–H groups in total. The molecule has 0 radical (unpaired) electrons. The van der Waals surface area contributed by atoms with Crippen molar-refractivity contribution in [1.29, 1.82) is 0 Å². The van der Waals surface area contributed by atoms with Gasteiger partial charge < -0.3 is 10.1 Å². The van der Waals surface area contributed by atoms with Crippen LogP contribution in [0.5, 0.6) is 5.75 Å². The molecule has 0 saturated heterocycles. The zero-order chi connectivity index (χ0) is 21.8. The fourth-order valence-electron chi connectivity index (χ4n) is 3.78. The van der Waals surface area contributed by atoms with Crippen LogP contribution in [0.25, 0.3) is 0 Å². The Hall–Kier alpha value is -3.61. The van der Waals surface area contributed by atoms with Crippen LogP contribution in [-0.2, 0) is 22.7 Å². The maximum Gasteiger partial charge on any atom is 0.240 e. The number of carbonyl (C=O) groups excluding carboxylic acids is 2. The molecule has 31 heavy (non-hydrogen) atoms. The van der Waals surface area contributed by atoms with Crippen molar-refractivity contribution >= 4 is 17.5 Å². The van der Waals surface area contributed by atoms with Gasteiger partial charge in [-0.25, -0.2) is 0 Å². The smallest absolute Gasteiger partial charge is 0.240 e. The van der Waals surface area contributed by atoms with Gasteiger partial charge in [-0.1, -0.05) is 42.5 Å². The van der Waals surface area contributed by atoms with E-state index in [1.54, 1.807) is 6.07 Å². The molecule has 0 atom stereocenters. The Morgan fingerprint density at radius 3 is 2.65 bits per heavy atom. The summed E-state index contributed by atoms with van der Waals surface area (Å²) in [6.45, 7) is 5.27. The molecule has 7 nitrogen and oxygen atoms in total. The first-order valence-electron chi connectivity index (χ1n) is 10.4. The van der Waals surface area contributed by atoms with Crippen LogP contribution in [0.2, 0.25) is 0 Å². The molecule has 1 aliphatic rings. The first kappa shape index (κ1) is 20.7. The minimum absolute atomic E-state index is 0.0462. The van der Waals surface area contributed by atoms with Gasteiger partial charge in [0.15, 0.2) is 0 Å². The zero-order valence-electron chi connectivity index (χ0n) is 17.8. The van der Waals surface area contributed by atoms with Crippen molar-refractivity contribution < 1.29 is 14.3 Å². The van der Waals surface area contributed by atoms with E-state index in [0.29, 0.717) is 31.1 Å². The fourth-order valence-corrected chi connectivity index (χ4v) is 3.78. The summed E-state index contributed by atoms with van der Waals surface area (Å²) in [6, 6.07) is 17.4. The normalized spacial score (nSPS) is 13.4. The molecule has 1 aromatic heterocycles. The van der Waals surface area contributed by atoms with E-state index in [0.717, 1.165) is 17.0 Å². The molecule has 0 fully saturated rings. The highest BCUT2D eigenvalue weighted by molar-refractivity contribution is 6.00. The molecule has 4 rings (SSSR count). The van der Waals surface area contributed by atoms with Crippen LogP contribution in [-0.4, -0.2) is 34.7 Å². The van der Waals surface area contributed by atoms with Crippen molar-refractivity contribution in [2.45, 2.75) is 33.4 Å². The second-order valence-electron chi connectivity index (χ2n) is 7.62. The summed E-state index contributed by atoms with van der Waals surface area (Å²) in [6.07, 6.45) is 0.242. The van der Waals surface area contributed by atoms with E-state index in [4.69, 9.17) is 4.74 Å². The van der Waals surface area contributed by atoms with Crippen LogP contribution >= 0.6 is 0 Å². The van der Waals surface area contributed by atoms with Crippen molar-refractivity contribution in [3.8, 4) is 5.75 Å². The Morgan fingerprint density at radius 2 is 1.84 bits per heavy atom. The van der Waals surface area contributed by atoms with E-state index in [1.165, 1.54) is 10.5 Å². The number of hydrogen-bond acceptors (Lipinski definition) is 4. The predicted octanol–water partition coefficient (Wildman–Crippen LogP) is 2.98. The summed E-state index contributed by atoms with van der Waals surface area (Å²) in [5, 5.41) is 7.59. The number of benzene rings is 2. The van der Waals surface area contributed by atoms with E-state index < -0.39 is 0 Å². The Labute approximate surface area is 181 Å². The number of aryl methyl sites for hydroxylation is 1. The van der Waals surface area contributed by atoms with Crippen LogP contribution < -0.4 is 15.0 Å². The van der Waals surface area contributed by atoms with Gasteiger partial charge in [-0.2, -0.15) is 5.10 Å². The van der Waals surface area contributed by atoms with Gasteiger partial charge in [-0.15, -0.1) is 0 Å². The van der Waals surface area contributed by atoms with E-state index in [9.17, 15) is 9.59 Å². The number of anilines is 1. The monoisotopic (exact) mass is 418 g/mol. The highest BCUT2D eigenvalue weighted by Gasteiger charge is 2.25. The maximum atomic E-state index is 12.7. The van der Waals surface area contributed by atoms with Crippen molar-refractivity contribution in [3.05, 3.63) is 77.1 Å². The van der Waals surface area contributed by atoms with E-state index in [1.807, 2.05) is 54.9 Å². The number of fused-ring (bicyclic) bond motifs is 1. The molecule has 0 saturated carbocycles. The standard InChI is InChI=1S/C24H26N4O3/c1-17-20(18(2)28(26-17)15-19-8-4-3-5-9-19)14-25-23(29)16-27-21-10-6-7-11-22(21)31-13-12-24(27)30/h3-11H,12-16H2,1-2H3,(H,25,29). The lowest BCUT2D eigenvalue weighted by Crippen LogP contribution is -2.40. The van der Waals surface area contributed by atoms with Crippen LogP contribution in [0, 0.1) is 13.8 Å². The summed E-state index contributed by atoms with van der Waals surface area (Å²) in [5.74, 6) is 0.276. The molecule has 3 aromatic rings. The molecule has 2 heterocycles. The highest BCUT2D eigenvalue weighted by Crippen LogP contribution is 2.30. The van der Waals surface area contributed by atoms with E-state index in [2.05, 4.69) is 22.5 Å². The van der Waals surface area contributed by atoms with Gasteiger partial charge >= 0.3 is 0 Å². The number of amides is 2. The number of rotatable bonds is 6. The lowest BCUT2D eigenvalue weighted by Gasteiger charge is -2.21. The SMILES string of the molecule is Cc1nn(Cc2ccccc2)c(C)c1CNC(=O)CN1C(=O)CCOc2ccccc21. The molecule has 0 bridgehead atoms. The van der Waals surface area contributed by atoms with Crippen molar-refractivity contribution in [1.82, 2.24) is 15.1 Å². The number of nitrogens with one attached hydrogen (secondary N) is 1. The Balaban J connectivity index is 1.43. The van der Waals surface area contributed by atoms with Crippen LogP contribution in [0.1, 0.15) is 28.9 Å². The molecule has 2 amide bonds. The first-order chi connectivity index (χ1) is 15.0. The van der Waals surface area contributed by atoms with Crippen molar-refractivity contribution in [2.75, 3.05) is 18.1 Å². The van der Waals surface area contributed by atoms with Crippen LogP contribution in [0.4, 0.5) is 5.69 Å². The number of para-hydroxylation sites is 2. The van der Waals surface area contributed by atoms with Gasteiger partial charge in [-0.3, -0.25) is 19.2 Å². The quantitative estimate of drug-likeness (QED) is 0.668. The summed E-state index contributed by atoms with van der Waals surface area (Å²) in [7, 11) is 0. The lowest BCUT2D eigenvalue weighted by molar-refractivity contribution is -0.124. The molecular formula is C24H26N4O3. The fraction of sp³-hybridized carbons (Fsp3) is 0.292. The van der Waals surface area contributed by atoms with Gasteiger partial charge in [0.05, 0.1) is 31.0 Å². The highest BCUT2D eigenvalue weighted by atomic mass is 16.5. The molecular weight excluding hydrogens is 392 g/mol. The number of aromatic nitrogens is 2. The molecule has 0 spiro atoms. The summed E-state index contributed by atoms with van der Waals surface area (Å²) in [4.78, 5) is 26.7. The second-order valence-corrected chi connectivity index (χ2v) is 7.62. The second kappa shape index (κ2) is 9.04. The lowest BCUT2D eigenvalue weighted by atomic mass is 10.2. The average molecular weight is 418 g/mol. The third-order valence-corrected chi connectivity index (χ3v) is 5.50. The molecule has 0 unspecified atom stereocenters. The largest absolute Gasteiger partial charge is 0.491 e. The number of carbonyl (C=O) groups is 2. The van der Waals surface area contributed by atoms with Gasteiger partial charge in [0.2, 0.25) is 11.8 Å². The number of hydrogen-bond donors (Lipinski definition) is 1. The van der Waals surface area contributed by atoms with Gasteiger partial charge in [0, 0.05) is 17.8 Å². The minimum atomic E-state index is -0.223. The third-order valence-electron chi connectivity index (χ3n) is 5.50. The average Bonchev–Trinajstić information content (AvgIpc) is 2.93. The molecule has 1 aliphatic heterocycles. The van der Waals surface area contributed by atoms with Crippen LogP contribution in [0.15, 0.2) is 54.6 Å². The maximum absolute atomic E-state index is 12.7. The molecule has 0 aliphatic carbocycles. The summed E-state index contributed by atoms with van der Waals surface area (Å²) in [5.41, 5.74) is 4.70. The Bertz CT molecular complexity index is 1090. The molecule has 2 aromatic carbocycles. The van der Waals surface area contributed by atoms with Crippen molar-refractivity contribution in [2.24, 2.45) is 0 Å². The topological polar surface area (TPSA) is 76.5 Å². The third kappa shape index (κ3) is 4.60. The summed E-state index contributed by atoms with van der Waals surface area (Å²) < 4.78 is 7.59. The van der Waals surface area contributed by atoms with Gasteiger partial charge in [0.25, 0.3) is 0 Å².